The number of nitriles is 1. The first kappa shape index (κ1) is 17.4. The van der Waals surface area contributed by atoms with Crippen molar-refractivity contribution >= 4 is 29.2 Å². The lowest BCUT2D eigenvalue weighted by molar-refractivity contribution is -0.117. The van der Waals surface area contributed by atoms with Gasteiger partial charge < -0.3 is 15.0 Å². The molecule has 8 nitrogen and oxygen atoms in total. The number of thioether (sulfide) groups is 1. The third-order valence-corrected chi connectivity index (χ3v) is 4.52. The number of Topliss-reactive ketones (excluding diaryl/α,β-unsaturated/α-hetero) is 1. The Hall–Kier alpha value is -1.92. The maximum absolute atomic E-state index is 12.0. The third-order valence-electron chi connectivity index (χ3n) is 3.54. The van der Waals surface area contributed by atoms with E-state index in [9.17, 15) is 4.79 Å². The van der Waals surface area contributed by atoms with Gasteiger partial charge in [-0.25, -0.2) is 0 Å². The summed E-state index contributed by atoms with van der Waals surface area (Å²) in [5.41, 5.74) is 0.0732. The molecule has 9 heteroatoms. The topological polar surface area (TPSA) is 108 Å². The molecule has 1 aromatic rings. The Morgan fingerprint density at radius 2 is 2.17 bits per heavy atom. The summed E-state index contributed by atoms with van der Waals surface area (Å²) < 4.78 is 7.30. The summed E-state index contributed by atoms with van der Waals surface area (Å²) in [7, 11) is 0. The quantitative estimate of drug-likeness (QED) is 0.584. The number of nitrogens with one attached hydrogen (secondary N) is 1. The molecule has 2 rings (SSSR count). The van der Waals surface area contributed by atoms with Crippen molar-refractivity contribution in [3.63, 3.8) is 0 Å². The summed E-state index contributed by atoms with van der Waals surface area (Å²) in [5, 5.41) is 25.5. The first-order valence-electron chi connectivity index (χ1n) is 7.44. The summed E-state index contributed by atoms with van der Waals surface area (Å²) in [5.74, 6) is -0.357. The molecule has 0 amide bonds. The number of anilines is 1. The Bertz CT molecular complexity index is 617. The van der Waals surface area contributed by atoms with Gasteiger partial charge in [-0.3, -0.25) is 9.36 Å². The van der Waals surface area contributed by atoms with E-state index in [1.807, 2.05) is 17.6 Å². The number of carbonyl (C=O) groups excluding carboxylic acids is 1. The van der Waals surface area contributed by atoms with Gasteiger partial charge in [-0.1, -0.05) is 11.8 Å². The summed E-state index contributed by atoms with van der Waals surface area (Å²) in [6.07, 6.45) is 0. The van der Waals surface area contributed by atoms with Gasteiger partial charge >= 0.3 is 0 Å². The smallest absolute Gasteiger partial charge is 0.228 e. The molecule has 0 aromatic carbocycles. The van der Waals surface area contributed by atoms with Crippen LogP contribution in [0.4, 0.5) is 5.95 Å². The number of aromatic nitrogens is 3. The molecule has 1 N–H and O–H groups in total. The fourth-order valence-electron chi connectivity index (χ4n) is 2.29. The van der Waals surface area contributed by atoms with Crippen LogP contribution in [-0.2, 0) is 16.1 Å². The molecule has 0 radical (unpaired) electrons. The molecule has 0 unspecified atom stereocenters. The van der Waals surface area contributed by atoms with Gasteiger partial charge in [0.15, 0.2) is 10.9 Å². The summed E-state index contributed by atoms with van der Waals surface area (Å²) in [6.45, 7) is 7.04. The van der Waals surface area contributed by atoms with Crippen molar-refractivity contribution in [3.05, 3.63) is 0 Å². The highest BCUT2D eigenvalue weighted by molar-refractivity contribution is 7.99. The first-order chi connectivity index (χ1) is 11.1. The van der Waals surface area contributed by atoms with Gasteiger partial charge in [0.05, 0.1) is 25.0 Å². The minimum Gasteiger partial charge on any atom is -0.378 e. The molecule has 0 saturated carbocycles. The SMILES string of the molecule is CCn1c(SCC(=O)[C@H](C#N)C(C)=N)nnc1N1CCOCC1. The van der Waals surface area contributed by atoms with E-state index < -0.39 is 5.92 Å². The van der Waals surface area contributed by atoms with E-state index in [0.717, 1.165) is 19.0 Å². The van der Waals surface area contributed by atoms with Crippen LogP contribution < -0.4 is 4.90 Å². The van der Waals surface area contributed by atoms with Gasteiger partial charge in [-0.05, 0) is 13.8 Å². The highest BCUT2D eigenvalue weighted by atomic mass is 32.2. The number of carbonyl (C=O) groups is 1. The van der Waals surface area contributed by atoms with Gasteiger partial charge in [0.2, 0.25) is 5.95 Å². The Balaban J connectivity index is 2.06. The van der Waals surface area contributed by atoms with Crippen molar-refractivity contribution in [2.45, 2.75) is 25.5 Å². The van der Waals surface area contributed by atoms with Crippen molar-refractivity contribution in [3.8, 4) is 6.07 Å². The molecular formula is C14H20N6O2S. The van der Waals surface area contributed by atoms with Crippen LogP contribution in [0.2, 0.25) is 0 Å². The first-order valence-corrected chi connectivity index (χ1v) is 8.43. The van der Waals surface area contributed by atoms with Crippen LogP contribution in [0.25, 0.3) is 0 Å². The van der Waals surface area contributed by atoms with Gasteiger partial charge in [0, 0.05) is 25.3 Å². The Kier molecular flexibility index (Phi) is 6.12. The van der Waals surface area contributed by atoms with E-state index >= 15 is 0 Å². The van der Waals surface area contributed by atoms with Crippen molar-refractivity contribution in [1.82, 2.24) is 14.8 Å². The van der Waals surface area contributed by atoms with Crippen LogP contribution in [0.3, 0.4) is 0 Å². The average molecular weight is 336 g/mol. The van der Waals surface area contributed by atoms with Crippen LogP contribution in [0.1, 0.15) is 13.8 Å². The third kappa shape index (κ3) is 4.09. The fraction of sp³-hybridized carbons (Fsp3) is 0.643. The monoisotopic (exact) mass is 336 g/mol. The number of ether oxygens (including phenoxy) is 1. The van der Waals surface area contributed by atoms with Gasteiger partial charge in [0.25, 0.3) is 0 Å². The number of nitrogens with zero attached hydrogens (tertiary/aromatic N) is 5. The van der Waals surface area contributed by atoms with E-state index in [-0.39, 0.29) is 17.2 Å². The molecule has 1 aromatic heterocycles. The van der Waals surface area contributed by atoms with Crippen LogP contribution >= 0.6 is 11.8 Å². The minimum absolute atomic E-state index is 0.0732. The van der Waals surface area contributed by atoms with Crippen molar-refractivity contribution in [1.29, 1.82) is 10.7 Å². The lowest BCUT2D eigenvalue weighted by Gasteiger charge is -2.27. The zero-order valence-electron chi connectivity index (χ0n) is 13.3. The Labute approximate surface area is 139 Å². The summed E-state index contributed by atoms with van der Waals surface area (Å²) in [4.78, 5) is 14.1. The number of rotatable bonds is 7. The second kappa shape index (κ2) is 8.08. The summed E-state index contributed by atoms with van der Waals surface area (Å²) in [6, 6.07) is 1.87. The zero-order valence-corrected chi connectivity index (χ0v) is 14.1. The summed E-state index contributed by atoms with van der Waals surface area (Å²) >= 11 is 1.26. The second-order valence-corrected chi connectivity index (χ2v) is 6.07. The molecular weight excluding hydrogens is 316 g/mol. The second-order valence-electron chi connectivity index (χ2n) is 5.13. The molecule has 0 bridgehead atoms. The predicted octanol–water partition coefficient (Wildman–Crippen LogP) is 0.975. The Morgan fingerprint density at radius 3 is 2.74 bits per heavy atom. The normalized spacial score (nSPS) is 16.0. The van der Waals surface area contributed by atoms with Crippen LogP contribution in [0.5, 0.6) is 0 Å². The predicted molar refractivity (Wildman–Crippen MR) is 87.0 cm³/mol. The zero-order chi connectivity index (χ0) is 16.8. The molecule has 1 fully saturated rings. The van der Waals surface area contributed by atoms with E-state index in [2.05, 4.69) is 15.1 Å². The minimum atomic E-state index is -0.973. The number of hydrogen-bond acceptors (Lipinski definition) is 8. The highest BCUT2D eigenvalue weighted by Crippen LogP contribution is 2.23. The number of ketones is 1. The lowest BCUT2D eigenvalue weighted by Crippen LogP contribution is -2.38. The van der Waals surface area contributed by atoms with E-state index in [0.29, 0.717) is 24.9 Å². The van der Waals surface area contributed by atoms with Crippen LogP contribution in [0.15, 0.2) is 5.16 Å². The maximum Gasteiger partial charge on any atom is 0.228 e. The molecule has 1 aliphatic rings. The largest absolute Gasteiger partial charge is 0.378 e. The molecule has 0 aliphatic carbocycles. The molecule has 1 aliphatic heterocycles. The Morgan fingerprint density at radius 1 is 1.48 bits per heavy atom. The van der Waals surface area contributed by atoms with Gasteiger partial charge in [-0.15, -0.1) is 10.2 Å². The van der Waals surface area contributed by atoms with Crippen molar-refractivity contribution in [2.24, 2.45) is 5.92 Å². The van der Waals surface area contributed by atoms with E-state index in [1.54, 1.807) is 0 Å². The number of morpholine rings is 1. The molecule has 0 spiro atoms. The fourth-order valence-corrected chi connectivity index (χ4v) is 3.19. The van der Waals surface area contributed by atoms with Crippen molar-refractivity contribution < 1.29 is 9.53 Å². The van der Waals surface area contributed by atoms with Gasteiger partial charge in [-0.2, -0.15) is 5.26 Å². The molecule has 2 heterocycles. The molecule has 23 heavy (non-hydrogen) atoms. The van der Waals surface area contributed by atoms with Crippen molar-refractivity contribution in [2.75, 3.05) is 37.0 Å². The molecule has 1 saturated heterocycles. The molecule has 124 valence electrons. The standard InChI is InChI=1S/C14H20N6O2S/c1-3-20-13(19-4-6-22-7-5-19)17-18-14(20)23-9-12(21)11(8-15)10(2)16/h11,16H,3-7,9H2,1-2H3/t11-/m1/s1. The van der Waals surface area contributed by atoms with E-state index in [1.165, 1.54) is 18.7 Å². The van der Waals surface area contributed by atoms with Gasteiger partial charge in [0.1, 0.15) is 5.92 Å². The van der Waals surface area contributed by atoms with Crippen LogP contribution in [0, 0.1) is 22.7 Å². The molecule has 1 atom stereocenters. The van der Waals surface area contributed by atoms with E-state index in [4.69, 9.17) is 15.4 Å². The van der Waals surface area contributed by atoms with Crippen LogP contribution in [-0.4, -0.2) is 58.3 Å². The number of hydrogen-bond donors (Lipinski definition) is 1. The maximum atomic E-state index is 12.0. The average Bonchev–Trinajstić information content (AvgIpc) is 2.97. The highest BCUT2D eigenvalue weighted by Gasteiger charge is 2.23. The lowest BCUT2D eigenvalue weighted by atomic mass is 10.0.